The third-order valence-corrected chi connectivity index (χ3v) is 3.67. The van der Waals surface area contributed by atoms with Crippen molar-refractivity contribution >= 4 is 33.9 Å². The number of hydrogen-bond acceptors (Lipinski definition) is 6. The molecule has 0 amide bonds. The predicted octanol–water partition coefficient (Wildman–Crippen LogP) is 1.83. The first-order valence-corrected chi connectivity index (χ1v) is 6.39. The summed E-state index contributed by atoms with van der Waals surface area (Å²) in [5, 5.41) is 24.5. The monoisotopic (exact) mass is 284 g/mol. The lowest BCUT2D eigenvalue weighted by atomic mass is 10.0. The molecule has 2 aromatic heterocycles. The average Bonchev–Trinajstić information content (AvgIpc) is 2.86. The van der Waals surface area contributed by atoms with Gasteiger partial charge in [-0.3, -0.25) is 4.79 Å². The van der Waals surface area contributed by atoms with Crippen molar-refractivity contribution in [1.82, 2.24) is 9.38 Å². The highest BCUT2D eigenvalue weighted by molar-refractivity contribution is 7.15. The predicted molar refractivity (Wildman–Crippen MR) is 69.6 cm³/mol. The number of thiazole rings is 1. The molecule has 0 aliphatic rings. The Morgan fingerprint density at radius 1 is 1.63 bits per heavy atom. The topological polar surface area (TPSA) is 110 Å². The first kappa shape index (κ1) is 13.3. The number of fused-ring (bicyclic) bond motifs is 1. The molecule has 0 aliphatic heterocycles. The summed E-state index contributed by atoms with van der Waals surface area (Å²) >= 11 is 1.27. The summed E-state index contributed by atoms with van der Waals surface area (Å²) in [7, 11) is 0. The molecule has 2 heterocycles. The van der Waals surface area contributed by atoms with E-state index in [9.17, 15) is 14.9 Å². The SMILES string of the molecule is CC(Nc1nc2sccn2c1[N+](=O)[O-])C(C)C(=O)O. The van der Waals surface area contributed by atoms with Crippen molar-refractivity contribution in [3.8, 4) is 0 Å². The number of anilines is 1. The molecular formula is C10H12N4O4S. The third kappa shape index (κ3) is 2.36. The summed E-state index contributed by atoms with van der Waals surface area (Å²) in [6.07, 6.45) is 1.56. The van der Waals surface area contributed by atoms with E-state index in [-0.39, 0.29) is 11.6 Å². The maximum Gasteiger partial charge on any atom is 0.372 e. The van der Waals surface area contributed by atoms with Gasteiger partial charge in [0, 0.05) is 11.4 Å². The van der Waals surface area contributed by atoms with Crippen LogP contribution in [0.3, 0.4) is 0 Å². The van der Waals surface area contributed by atoms with E-state index in [2.05, 4.69) is 10.3 Å². The van der Waals surface area contributed by atoms with Gasteiger partial charge in [0.25, 0.3) is 4.96 Å². The number of imidazole rings is 1. The van der Waals surface area contributed by atoms with Gasteiger partial charge in [-0.05, 0) is 18.8 Å². The molecule has 0 radical (unpaired) electrons. The van der Waals surface area contributed by atoms with Gasteiger partial charge >= 0.3 is 11.8 Å². The molecule has 9 heteroatoms. The average molecular weight is 284 g/mol. The number of carbonyl (C=O) groups is 1. The summed E-state index contributed by atoms with van der Waals surface area (Å²) in [6.45, 7) is 3.18. The highest BCUT2D eigenvalue weighted by atomic mass is 32.1. The minimum Gasteiger partial charge on any atom is -0.481 e. The van der Waals surface area contributed by atoms with Crippen molar-refractivity contribution in [3.05, 3.63) is 21.7 Å². The Morgan fingerprint density at radius 3 is 2.89 bits per heavy atom. The van der Waals surface area contributed by atoms with Gasteiger partial charge in [0.1, 0.15) is 6.20 Å². The summed E-state index contributed by atoms with van der Waals surface area (Å²) in [5.41, 5.74) is 0. The molecule has 0 spiro atoms. The van der Waals surface area contributed by atoms with Gasteiger partial charge < -0.3 is 20.5 Å². The van der Waals surface area contributed by atoms with Crippen molar-refractivity contribution in [3.63, 3.8) is 0 Å². The first-order chi connectivity index (χ1) is 8.91. The van der Waals surface area contributed by atoms with E-state index >= 15 is 0 Å². The van der Waals surface area contributed by atoms with Crippen LogP contribution in [-0.2, 0) is 4.79 Å². The molecule has 8 nitrogen and oxygen atoms in total. The van der Waals surface area contributed by atoms with Gasteiger partial charge in [-0.25, -0.2) is 0 Å². The van der Waals surface area contributed by atoms with Crippen molar-refractivity contribution in [1.29, 1.82) is 0 Å². The van der Waals surface area contributed by atoms with Crippen molar-refractivity contribution in [2.24, 2.45) is 5.92 Å². The number of aliphatic carboxylic acids is 1. The largest absolute Gasteiger partial charge is 0.481 e. The normalized spacial score (nSPS) is 14.2. The minimum atomic E-state index is -0.969. The zero-order chi connectivity index (χ0) is 14.2. The third-order valence-electron chi connectivity index (χ3n) is 2.91. The fraction of sp³-hybridized carbons (Fsp3) is 0.400. The van der Waals surface area contributed by atoms with Crippen LogP contribution in [0.4, 0.5) is 11.6 Å². The van der Waals surface area contributed by atoms with Crippen molar-refractivity contribution < 1.29 is 14.8 Å². The first-order valence-electron chi connectivity index (χ1n) is 5.51. The molecular weight excluding hydrogens is 272 g/mol. The van der Waals surface area contributed by atoms with E-state index in [0.29, 0.717) is 4.96 Å². The molecule has 2 atom stereocenters. The van der Waals surface area contributed by atoms with Gasteiger partial charge in [-0.15, -0.1) is 0 Å². The number of aromatic nitrogens is 2. The number of nitro groups is 1. The van der Waals surface area contributed by atoms with Crippen LogP contribution in [0.5, 0.6) is 0 Å². The second-order valence-electron chi connectivity index (χ2n) is 4.16. The highest BCUT2D eigenvalue weighted by Crippen LogP contribution is 2.29. The molecule has 102 valence electrons. The number of rotatable bonds is 5. The van der Waals surface area contributed by atoms with Crippen LogP contribution in [0.1, 0.15) is 13.8 Å². The van der Waals surface area contributed by atoms with Crippen LogP contribution in [-0.4, -0.2) is 31.4 Å². The summed E-state index contributed by atoms with van der Waals surface area (Å²) in [4.78, 5) is 26.0. The van der Waals surface area contributed by atoms with E-state index in [1.807, 2.05) is 0 Å². The van der Waals surface area contributed by atoms with Gasteiger partial charge in [0.2, 0.25) is 5.82 Å². The van der Waals surface area contributed by atoms with Gasteiger partial charge in [-0.2, -0.15) is 9.38 Å². The van der Waals surface area contributed by atoms with Crippen LogP contribution in [0.2, 0.25) is 0 Å². The smallest absolute Gasteiger partial charge is 0.372 e. The van der Waals surface area contributed by atoms with Crippen LogP contribution < -0.4 is 5.32 Å². The van der Waals surface area contributed by atoms with Crippen molar-refractivity contribution in [2.45, 2.75) is 19.9 Å². The number of carboxylic acids is 1. The Kier molecular flexibility index (Phi) is 3.38. The molecule has 0 fully saturated rings. The Bertz CT molecular complexity index is 635. The number of hydrogen-bond donors (Lipinski definition) is 2. The minimum absolute atomic E-state index is 0.0949. The van der Waals surface area contributed by atoms with Crippen LogP contribution in [0, 0.1) is 16.0 Å². The van der Waals surface area contributed by atoms with Crippen LogP contribution in [0.15, 0.2) is 11.6 Å². The summed E-state index contributed by atoms with van der Waals surface area (Å²) in [5.74, 6) is -1.74. The van der Waals surface area contributed by atoms with Crippen LogP contribution >= 0.6 is 11.3 Å². The molecule has 2 unspecified atom stereocenters. The van der Waals surface area contributed by atoms with Gasteiger partial charge in [0.05, 0.1) is 5.92 Å². The second-order valence-corrected chi connectivity index (χ2v) is 5.03. The quantitative estimate of drug-likeness (QED) is 0.640. The summed E-state index contributed by atoms with van der Waals surface area (Å²) < 4.78 is 1.37. The van der Waals surface area contributed by atoms with E-state index in [4.69, 9.17) is 5.11 Å². The van der Waals surface area contributed by atoms with E-state index in [0.717, 1.165) is 0 Å². The maximum absolute atomic E-state index is 11.1. The second kappa shape index (κ2) is 4.84. The molecule has 0 saturated heterocycles. The zero-order valence-electron chi connectivity index (χ0n) is 10.2. The number of nitrogens with zero attached hydrogens (tertiary/aromatic N) is 3. The fourth-order valence-corrected chi connectivity index (χ4v) is 2.31. The lowest BCUT2D eigenvalue weighted by Gasteiger charge is -2.16. The Labute approximate surface area is 111 Å². The molecule has 0 bridgehead atoms. The lowest BCUT2D eigenvalue weighted by Crippen LogP contribution is -2.30. The van der Waals surface area contributed by atoms with Crippen molar-refractivity contribution in [2.75, 3.05) is 5.32 Å². The lowest BCUT2D eigenvalue weighted by molar-refractivity contribution is -0.389. The van der Waals surface area contributed by atoms with Crippen LogP contribution in [0.25, 0.3) is 4.96 Å². The van der Waals surface area contributed by atoms with E-state index < -0.39 is 22.9 Å². The molecule has 2 N–H and O–H groups in total. The Balaban J connectivity index is 2.34. The molecule has 2 rings (SSSR count). The van der Waals surface area contributed by atoms with Gasteiger partial charge in [-0.1, -0.05) is 11.3 Å². The summed E-state index contributed by atoms with van der Waals surface area (Å²) in [6, 6.07) is -0.471. The molecule has 0 aromatic carbocycles. The molecule has 0 saturated carbocycles. The zero-order valence-corrected chi connectivity index (χ0v) is 11.0. The van der Waals surface area contributed by atoms with E-state index in [1.54, 1.807) is 18.5 Å². The molecule has 2 aromatic rings. The molecule has 19 heavy (non-hydrogen) atoms. The molecule has 0 aliphatic carbocycles. The maximum atomic E-state index is 11.1. The fourth-order valence-electron chi connectivity index (χ4n) is 1.60. The van der Waals surface area contributed by atoms with E-state index in [1.165, 1.54) is 22.7 Å². The Morgan fingerprint density at radius 2 is 2.32 bits per heavy atom. The Hall–Kier alpha value is -2.16. The van der Waals surface area contributed by atoms with Gasteiger partial charge in [0.15, 0.2) is 0 Å². The standard InChI is InChI=1S/C10H12N4O4S/c1-5(9(15)16)6(2)11-7-8(14(17)18)13-3-4-19-10(13)12-7/h3-6,11H,1-2H3,(H,15,16). The number of nitrogens with one attached hydrogen (secondary N) is 1. The number of carboxylic acid groups (broad SMARTS) is 1. The highest BCUT2D eigenvalue weighted by Gasteiger charge is 2.27.